The van der Waals surface area contributed by atoms with E-state index in [0.29, 0.717) is 0 Å². The topological polar surface area (TPSA) is 69.6 Å². The number of aromatic nitrogens is 2. The molecular formula is C16H18Cl2N4O2. The number of aromatic carboxylic acids is 1. The maximum Gasteiger partial charge on any atom is 0.356 e. The lowest BCUT2D eigenvalue weighted by molar-refractivity contribution is 0.0689. The third-order valence-electron chi connectivity index (χ3n) is 3.50. The van der Waals surface area contributed by atoms with Crippen LogP contribution in [0.2, 0.25) is 10.0 Å². The van der Waals surface area contributed by atoms with Crippen LogP contribution in [0.5, 0.6) is 0 Å². The van der Waals surface area contributed by atoms with Crippen LogP contribution in [0, 0.1) is 0 Å². The quantitative estimate of drug-likeness (QED) is 0.878. The second kappa shape index (κ2) is 8.82. The summed E-state index contributed by atoms with van der Waals surface area (Å²) < 4.78 is 0. The van der Waals surface area contributed by atoms with Gasteiger partial charge in [-0.25, -0.2) is 4.79 Å². The van der Waals surface area contributed by atoms with Crippen molar-refractivity contribution in [1.82, 2.24) is 15.1 Å². The van der Waals surface area contributed by atoms with Crippen LogP contribution in [0.15, 0.2) is 36.4 Å². The van der Waals surface area contributed by atoms with Gasteiger partial charge in [0.1, 0.15) is 0 Å². The molecular weight excluding hydrogens is 351 g/mol. The van der Waals surface area contributed by atoms with E-state index in [4.69, 9.17) is 28.3 Å². The average Bonchev–Trinajstić information content (AvgIpc) is 2.59. The van der Waals surface area contributed by atoms with Crippen LogP contribution in [-0.4, -0.2) is 59.4 Å². The molecule has 0 aliphatic carbocycles. The Hall–Kier alpha value is -1.89. The van der Waals surface area contributed by atoms with E-state index in [9.17, 15) is 4.79 Å². The monoisotopic (exact) mass is 368 g/mol. The van der Waals surface area contributed by atoms with Gasteiger partial charge in [0, 0.05) is 36.2 Å². The third kappa shape index (κ3) is 5.63. The summed E-state index contributed by atoms with van der Waals surface area (Å²) in [5.41, 5.74) is -0.0159. The van der Waals surface area contributed by atoms with Crippen molar-refractivity contribution in [2.45, 2.75) is 0 Å². The van der Waals surface area contributed by atoms with Gasteiger partial charge in [0.15, 0.2) is 11.5 Å². The fourth-order valence-corrected chi connectivity index (χ4v) is 2.33. The van der Waals surface area contributed by atoms with Crippen molar-refractivity contribution in [2.24, 2.45) is 0 Å². The first-order chi connectivity index (χ1) is 11.5. The Bertz CT molecular complexity index is 636. The molecule has 1 N–H and O–H groups in total. The minimum atomic E-state index is -1.04. The summed E-state index contributed by atoms with van der Waals surface area (Å²) in [4.78, 5) is 15.0. The lowest BCUT2D eigenvalue weighted by Crippen LogP contribution is -2.44. The molecule has 0 radical (unpaired) electrons. The maximum absolute atomic E-state index is 10.6. The first-order valence-corrected chi connectivity index (χ1v) is 8.13. The third-order valence-corrected chi connectivity index (χ3v) is 4.00. The van der Waals surface area contributed by atoms with E-state index >= 15 is 0 Å². The fourth-order valence-electron chi connectivity index (χ4n) is 2.07. The predicted molar refractivity (Wildman–Crippen MR) is 95.2 cm³/mol. The molecule has 1 aromatic heterocycles. The highest BCUT2D eigenvalue weighted by molar-refractivity contribution is 6.32. The Morgan fingerprint density at radius 2 is 1.50 bits per heavy atom. The van der Waals surface area contributed by atoms with E-state index in [1.807, 2.05) is 0 Å². The fraction of sp³-hybridized carbons (Fsp3) is 0.312. The van der Waals surface area contributed by atoms with Crippen LogP contribution in [0.1, 0.15) is 10.5 Å². The summed E-state index contributed by atoms with van der Waals surface area (Å²) in [6.45, 7) is 3.78. The molecule has 1 aliphatic rings. The minimum Gasteiger partial charge on any atom is -0.476 e. The Morgan fingerprint density at radius 1 is 0.958 bits per heavy atom. The van der Waals surface area contributed by atoms with E-state index in [-0.39, 0.29) is 5.69 Å². The molecule has 1 aliphatic heterocycles. The van der Waals surface area contributed by atoms with E-state index in [0.717, 1.165) is 42.0 Å². The van der Waals surface area contributed by atoms with Crippen LogP contribution >= 0.6 is 23.2 Å². The second-order valence-corrected chi connectivity index (χ2v) is 6.18. The highest BCUT2D eigenvalue weighted by atomic mass is 35.5. The number of nitrogens with zero attached hydrogens (tertiary/aromatic N) is 4. The molecule has 6 nitrogen and oxygen atoms in total. The van der Waals surface area contributed by atoms with Crippen molar-refractivity contribution in [2.75, 3.05) is 38.1 Å². The highest BCUT2D eigenvalue weighted by Crippen LogP contribution is 2.13. The molecule has 0 atom stereocenters. The van der Waals surface area contributed by atoms with Gasteiger partial charge in [0.25, 0.3) is 0 Å². The lowest BCUT2D eigenvalue weighted by Gasteiger charge is -2.32. The van der Waals surface area contributed by atoms with Gasteiger partial charge < -0.3 is 14.9 Å². The SMILES string of the molecule is CN1CCN(c2ccc(C(=O)O)nn2)CC1.Clc1ccc(Cl)cc1. The molecule has 24 heavy (non-hydrogen) atoms. The number of rotatable bonds is 2. The molecule has 128 valence electrons. The van der Waals surface area contributed by atoms with Gasteiger partial charge >= 0.3 is 5.97 Å². The van der Waals surface area contributed by atoms with Gasteiger partial charge in [0.05, 0.1) is 0 Å². The summed E-state index contributed by atoms with van der Waals surface area (Å²) in [5, 5.41) is 17.7. The maximum atomic E-state index is 10.6. The van der Waals surface area contributed by atoms with Crippen molar-refractivity contribution < 1.29 is 9.90 Å². The van der Waals surface area contributed by atoms with E-state index in [2.05, 4.69) is 27.0 Å². The number of likely N-dealkylation sites (N-methyl/N-ethyl adjacent to an activating group) is 1. The average molecular weight is 369 g/mol. The second-order valence-electron chi connectivity index (χ2n) is 5.31. The minimum absolute atomic E-state index is 0.0159. The molecule has 2 heterocycles. The molecule has 0 amide bonds. The number of carboxylic acids is 1. The van der Waals surface area contributed by atoms with Gasteiger partial charge in [-0.05, 0) is 43.4 Å². The summed E-state index contributed by atoms with van der Waals surface area (Å²) in [6, 6.07) is 10.2. The number of hydrogen-bond acceptors (Lipinski definition) is 5. The molecule has 0 spiro atoms. The Kier molecular flexibility index (Phi) is 6.78. The largest absolute Gasteiger partial charge is 0.476 e. The van der Waals surface area contributed by atoms with Crippen molar-refractivity contribution in [3.05, 3.63) is 52.1 Å². The summed E-state index contributed by atoms with van der Waals surface area (Å²) in [7, 11) is 2.08. The summed E-state index contributed by atoms with van der Waals surface area (Å²) in [5.74, 6) is -0.296. The molecule has 1 saturated heterocycles. The summed E-state index contributed by atoms with van der Waals surface area (Å²) >= 11 is 11.1. The number of halogens is 2. The van der Waals surface area contributed by atoms with Crippen LogP contribution in [0.25, 0.3) is 0 Å². The molecule has 1 aromatic carbocycles. The highest BCUT2D eigenvalue weighted by Gasteiger charge is 2.16. The predicted octanol–water partition coefficient (Wildman–Crippen LogP) is 2.92. The van der Waals surface area contributed by atoms with Crippen molar-refractivity contribution in [3.63, 3.8) is 0 Å². The number of benzene rings is 1. The van der Waals surface area contributed by atoms with Crippen molar-refractivity contribution in [3.8, 4) is 0 Å². The zero-order valence-electron chi connectivity index (χ0n) is 13.2. The van der Waals surface area contributed by atoms with Gasteiger partial charge in [-0.15, -0.1) is 10.2 Å². The normalized spacial score (nSPS) is 14.7. The Balaban J connectivity index is 0.000000219. The number of hydrogen-bond donors (Lipinski definition) is 1. The van der Waals surface area contributed by atoms with Crippen molar-refractivity contribution in [1.29, 1.82) is 0 Å². The van der Waals surface area contributed by atoms with E-state index in [1.54, 1.807) is 30.3 Å². The number of piperazine rings is 1. The molecule has 2 aromatic rings. The first kappa shape index (κ1) is 18.4. The van der Waals surface area contributed by atoms with E-state index < -0.39 is 5.97 Å². The number of carboxylic acid groups (broad SMARTS) is 1. The van der Waals surface area contributed by atoms with Crippen LogP contribution in [-0.2, 0) is 0 Å². The zero-order valence-corrected chi connectivity index (χ0v) is 14.7. The molecule has 0 bridgehead atoms. The van der Waals surface area contributed by atoms with E-state index in [1.165, 1.54) is 6.07 Å². The Labute approximate surface area is 150 Å². The van der Waals surface area contributed by atoms with Gasteiger partial charge in [0.2, 0.25) is 0 Å². The van der Waals surface area contributed by atoms with Crippen molar-refractivity contribution >= 4 is 35.0 Å². The molecule has 0 saturated carbocycles. The molecule has 1 fully saturated rings. The molecule has 3 rings (SSSR count). The van der Waals surface area contributed by atoms with Gasteiger partial charge in [-0.3, -0.25) is 0 Å². The van der Waals surface area contributed by atoms with Gasteiger partial charge in [-0.2, -0.15) is 0 Å². The van der Waals surface area contributed by atoms with Gasteiger partial charge in [-0.1, -0.05) is 23.2 Å². The van der Waals surface area contributed by atoms with Crippen LogP contribution in [0.3, 0.4) is 0 Å². The van der Waals surface area contributed by atoms with Crippen LogP contribution < -0.4 is 4.90 Å². The molecule has 0 unspecified atom stereocenters. The Morgan fingerprint density at radius 3 is 1.92 bits per heavy atom. The number of anilines is 1. The first-order valence-electron chi connectivity index (χ1n) is 7.37. The number of carbonyl (C=O) groups is 1. The van der Waals surface area contributed by atoms with Crippen LogP contribution in [0.4, 0.5) is 5.82 Å². The standard InChI is InChI=1S/C10H14N4O2.C6H4Cl2/c1-13-4-6-14(7-5-13)9-3-2-8(10(15)16)11-12-9;7-5-1-2-6(8)4-3-5/h2-3H,4-7H2,1H3,(H,15,16);1-4H. The lowest BCUT2D eigenvalue weighted by atomic mass is 10.3. The molecule has 8 heteroatoms. The smallest absolute Gasteiger partial charge is 0.356 e. The zero-order chi connectivity index (χ0) is 17.5. The summed E-state index contributed by atoms with van der Waals surface area (Å²) in [6.07, 6.45) is 0.